The molecule has 0 bridgehead atoms. The van der Waals surface area contributed by atoms with Crippen molar-refractivity contribution in [3.63, 3.8) is 0 Å². The zero-order valence-corrected chi connectivity index (χ0v) is 20.8. The van der Waals surface area contributed by atoms with E-state index in [0.29, 0.717) is 23.5 Å². The van der Waals surface area contributed by atoms with Gasteiger partial charge in [0.1, 0.15) is 16.5 Å². The van der Waals surface area contributed by atoms with Crippen LogP contribution in [0.1, 0.15) is 67.0 Å². The molecule has 0 aliphatic rings. The van der Waals surface area contributed by atoms with E-state index in [0.717, 1.165) is 54.0 Å². The Morgan fingerprint density at radius 2 is 1.89 bits per heavy atom. The van der Waals surface area contributed by atoms with Crippen LogP contribution in [0.25, 0.3) is 22.5 Å². The van der Waals surface area contributed by atoms with Gasteiger partial charge in [-0.25, -0.2) is 4.98 Å². The van der Waals surface area contributed by atoms with Crippen molar-refractivity contribution in [1.82, 2.24) is 30.0 Å². The number of nitrogens with one attached hydrogen (secondary N) is 2. The molecule has 3 heterocycles. The molecule has 3 aromatic heterocycles. The lowest BCUT2D eigenvalue weighted by molar-refractivity contribution is -0.118. The molecule has 4 aromatic rings. The highest BCUT2D eigenvalue weighted by Gasteiger charge is 2.20. The lowest BCUT2D eigenvalue weighted by Gasteiger charge is -2.16. The van der Waals surface area contributed by atoms with Crippen molar-refractivity contribution in [2.45, 2.75) is 51.5 Å². The number of benzene rings is 1. The van der Waals surface area contributed by atoms with Gasteiger partial charge in [0.05, 0.1) is 35.3 Å². The number of thiazole rings is 1. The number of amides is 1. The van der Waals surface area contributed by atoms with Crippen molar-refractivity contribution < 1.29 is 9.59 Å². The maximum absolute atomic E-state index is 12.7. The van der Waals surface area contributed by atoms with Crippen molar-refractivity contribution in [3.05, 3.63) is 65.1 Å². The van der Waals surface area contributed by atoms with Crippen LogP contribution in [0.5, 0.6) is 0 Å². The molecule has 4 rings (SSSR count). The molecule has 0 unspecified atom stereocenters. The molecule has 9 heteroatoms. The highest BCUT2D eigenvalue weighted by molar-refractivity contribution is 7.11. The molecular formula is C26H30N6O2S. The first kappa shape index (κ1) is 24.5. The number of aromatic nitrogens is 5. The number of Topliss-reactive ketones (excluding diaryl/α,β-unsaturated/α-hetero) is 1. The van der Waals surface area contributed by atoms with Crippen molar-refractivity contribution in [2.24, 2.45) is 7.05 Å². The largest absolute Gasteiger partial charge is 0.341 e. The number of rotatable bonds is 12. The summed E-state index contributed by atoms with van der Waals surface area (Å²) in [5.41, 5.74) is 5.69. The van der Waals surface area contributed by atoms with Gasteiger partial charge in [0, 0.05) is 26.1 Å². The third kappa shape index (κ3) is 6.30. The Morgan fingerprint density at radius 3 is 2.57 bits per heavy atom. The number of aryl methyl sites for hydroxylation is 1. The van der Waals surface area contributed by atoms with Crippen LogP contribution in [0.3, 0.4) is 0 Å². The highest BCUT2D eigenvalue weighted by atomic mass is 32.1. The quantitative estimate of drug-likeness (QED) is 0.261. The Morgan fingerprint density at radius 1 is 1.09 bits per heavy atom. The lowest BCUT2D eigenvalue weighted by Crippen LogP contribution is -2.28. The molecule has 0 radical (unpaired) electrons. The number of hydrogen-bond donors (Lipinski definition) is 2. The Kier molecular flexibility index (Phi) is 8.20. The summed E-state index contributed by atoms with van der Waals surface area (Å²) in [6.45, 7) is 1.90. The van der Waals surface area contributed by atoms with Crippen molar-refractivity contribution in [3.8, 4) is 22.5 Å². The van der Waals surface area contributed by atoms with E-state index in [4.69, 9.17) is 0 Å². The van der Waals surface area contributed by atoms with Gasteiger partial charge in [0.25, 0.3) is 5.91 Å². The summed E-state index contributed by atoms with van der Waals surface area (Å²) in [5.74, 6) is 0.862. The number of carbonyl (C=O) groups is 2. The Bertz CT molecular complexity index is 1240. The van der Waals surface area contributed by atoms with E-state index in [2.05, 4.69) is 49.6 Å². The Labute approximate surface area is 208 Å². The minimum atomic E-state index is -0.256. The number of nitrogens with zero attached hydrogens (tertiary/aromatic N) is 4. The van der Waals surface area contributed by atoms with Gasteiger partial charge in [0.2, 0.25) is 0 Å². The van der Waals surface area contributed by atoms with E-state index in [9.17, 15) is 9.59 Å². The first-order chi connectivity index (χ1) is 17.0. The maximum Gasteiger partial charge on any atom is 0.263 e. The molecule has 0 saturated carbocycles. The number of imidazole rings is 1. The molecule has 0 aliphatic carbocycles. The third-order valence-electron chi connectivity index (χ3n) is 6.04. The second-order valence-corrected chi connectivity index (χ2v) is 9.37. The highest BCUT2D eigenvalue weighted by Crippen LogP contribution is 2.26. The molecule has 2 N–H and O–H groups in total. The van der Waals surface area contributed by atoms with E-state index in [1.54, 1.807) is 24.1 Å². The molecule has 0 fully saturated rings. The zero-order chi connectivity index (χ0) is 24.6. The molecule has 1 atom stereocenters. The fourth-order valence-corrected chi connectivity index (χ4v) is 4.52. The van der Waals surface area contributed by atoms with E-state index < -0.39 is 0 Å². The zero-order valence-electron chi connectivity index (χ0n) is 20.0. The summed E-state index contributed by atoms with van der Waals surface area (Å²) in [7, 11) is 1.92. The lowest BCUT2D eigenvalue weighted by atomic mass is 10.0. The van der Waals surface area contributed by atoms with Crippen LogP contribution in [0, 0.1) is 0 Å². The van der Waals surface area contributed by atoms with E-state index >= 15 is 0 Å². The van der Waals surface area contributed by atoms with Gasteiger partial charge in [-0.1, -0.05) is 44.0 Å². The number of H-pyrrole nitrogens is 1. The monoisotopic (exact) mass is 490 g/mol. The van der Waals surface area contributed by atoms with E-state index in [-0.39, 0.29) is 11.9 Å². The van der Waals surface area contributed by atoms with Crippen LogP contribution < -0.4 is 5.32 Å². The molecule has 182 valence electrons. The fourth-order valence-electron chi connectivity index (χ4n) is 4.00. The van der Waals surface area contributed by atoms with Gasteiger partial charge in [-0.2, -0.15) is 5.10 Å². The second-order valence-electron chi connectivity index (χ2n) is 8.48. The number of ketones is 1. The minimum absolute atomic E-state index is 0.155. The topological polar surface area (TPSA) is 106 Å². The van der Waals surface area contributed by atoms with Gasteiger partial charge in [-0.05, 0) is 30.0 Å². The van der Waals surface area contributed by atoms with Crippen LogP contribution in [-0.2, 0) is 11.8 Å². The maximum atomic E-state index is 12.7. The standard InChI is InChI=1S/C26H30N6O2S/c1-3-20(33)7-5-4-6-8-21(31-26(34)24-16-27-17-35-24)25-28-15-22(30-25)18-9-11-19(12-10-18)23-13-14-29-32(23)2/h9-17,21H,3-8H2,1-2H3,(H,28,30)(H,31,34)/t21-/m0/s1. The van der Waals surface area contributed by atoms with Crippen LogP contribution in [0.2, 0.25) is 0 Å². The Balaban J connectivity index is 1.45. The molecule has 0 saturated heterocycles. The number of hydrogen-bond acceptors (Lipinski definition) is 6. The van der Waals surface area contributed by atoms with Crippen LogP contribution in [0.4, 0.5) is 0 Å². The average Bonchev–Trinajstić information content (AvgIpc) is 3.65. The number of carbonyl (C=O) groups excluding carboxylic acids is 2. The Hall–Kier alpha value is -3.59. The van der Waals surface area contributed by atoms with Gasteiger partial charge in [-0.3, -0.25) is 19.3 Å². The smallest absolute Gasteiger partial charge is 0.263 e. The summed E-state index contributed by atoms with van der Waals surface area (Å²) in [6.07, 6.45) is 9.80. The predicted octanol–water partition coefficient (Wildman–Crippen LogP) is 5.33. The summed E-state index contributed by atoms with van der Waals surface area (Å²) < 4.78 is 1.85. The van der Waals surface area contributed by atoms with Gasteiger partial charge < -0.3 is 10.3 Å². The predicted molar refractivity (Wildman–Crippen MR) is 137 cm³/mol. The normalized spacial score (nSPS) is 11.9. The summed E-state index contributed by atoms with van der Waals surface area (Å²) in [4.78, 5) is 36.9. The number of unbranched alkanes of at least 4 members (excludes halogenated alkanes) is 2. The molecule has 0 aliphatic heterocycles. The van der Waals surface area contributed by atoms with E-state index in [1.807, 2.05) is 24.7 Å². The third-order valence-corrected chi connectivity index (χ3v) is 6.81. The summed E-state index contributed by atoms with van der Waals surface area (Å²) >= 11 is 1.31. The average molecular weight is 491 g/mol. The van der Waals surface area contributed by atoms with Crippen molar-refractivity contribution in [1.29, 1.82) is 0 Å². The van der Waals surface area contributed by atoms with Gasteiger partial charge in [0.15, 0.2) is 0 Å². The summed E-state index contributed by atoms with van der Waals surface area (Å²) in [6, 6.07) is 9.96. The molecule has 0 spiro atoms. The molecule has 1 aromatic carbocycles. The van der Waals surface area contributed by atoms with Crippen molar-refractivity contribution in [2.75, 3.05) is 0 Å². The first-order valence-corrected chi connectivity index (χ1v) is 12.8. The molecule has 35 heavy (non-hydrogen) atoms. The summed E-state index contributed by atoms with van der Waals surface area (Å²) in [5, 5.41) is 7.34. The minimum Gasteiger partial charge on any atom is -0.341 e. The van der Waals surface area contributed by atoms with E-state index in [1.165, 1.54) is 11.3 Å². The van der Waals surface area contributed by atoms with Gasteiger partial charge >= 0.3 is 0 Å². The first-order valence-electron chi connectivity index (χ1n) is 11.9. The number of aromatic amines is 1. The van der Waals surface area contributed by atoms with Crippen LogP contribution in [-0.4, -0.2) is 36.4 Å². The molecule has 1 amide bonds. The fraction of sp³-hybridized carbons (Fsp3) is 0.346. The van der Waals surface area contributed by atoms with Crippen LogP contribution >= 0.6 is 11.3 Å². The second kappa shape index (κ2) is 11.7. The molecular weight excluding hydrogens is 460 g/mol. The van der Waals surface area contributed by atoms with Crippen LogP contribution in [0.15, 0.2) is 54.4 Å². The van der Waals surface area contributed by atoms with Crippen molar-refractivity contribution >= 4 is 23.0 Å². The van der Waals surface area contributed by atoms with Gasteiger partial charge in [-0.15, -0.1) is 11.3 Å². The molecule has 8 nitrogen and oxygen atoms in total. The SMILES string of the molecule is CCC(=O)CCCCC[C@H](NC(=O)c1cncs1)c1ncc(-c2ccc(-c3ccnn3C)cc2)[nH]1.